The summed E-state index contributed by atoms with van der Waals surface area (Å²) in [6.07, 6.45) is 0.750. The van der Waals surface area contributed by atoms with E-state index >= 15 is 0 Å². The van der Waals surface area contributed by atoms with E-state index < -0.39 is 0 Å². The molecule has 0 fully saturated rings. The number of hydrogen-bond donors (Lipinski definition) is 1. The quantitative estimate of drug-likeness (QED) is 0.729. The first-order valence-corrected chi connectivity index (χ1v) is 8.06. The fourth-order valence-corrected chi connectivity index (χ4v) is 2.80. The van der Waals surface area contributed by atoms with Gasteiger partial charge < -0.3 is 14.5 Å². The van der Waals surface area contributed by atoms with E-state index in [9.17, 15) is 4.79 Å². The molecule has 3 aromatic rings. The molecule has 2 aromatic carbocycles. The summed E-state index contributed by atoms with van der Waals surface area (Å²) in [5.74, 6) is 0.939. The Balaban J connectivity index is 1.60. The molecule has 5 heteroatoms. The molecule has 0 atom stereocenters. The number of fused-ring (bicyclic) bond motifs is 1. The fraction of sp³-hybridized carbons (Fsp3) is 0.167. The second-order valence-electron chi connectivity index (χ2n) is 5.12. The molecule has 0 aliphatic heterocycles. The van der Waals surface area contributed by atoms with Crippen LogP contribution in [-0.4, -0.2) is 19.6 Å². The molecule has 1 N–H and O–H groups in total. The minimum absolute atomic E-state index is 0.207. The van der Waals surface area contributed by atoms with Crippen LogP contribution in [0.15, 0.2) is 57.4 Å². The first-order chi connectivity index (χ1) is 11.2. The third-order valence-electron chi connectivity index (χ3n) is 3.59. The van der Waals surface area contributed by atoms with Gasteiger partial charge >= 0.3 is 0 Å². The maximum absolute atomic E-state index is 12.2. The van der Waals surface area contributed by atoms with Gasteiger partial charge in [-0.25, -0.2) is 0 Å². The zero-order valence-electron chi connectivity index (χ0n) is 12.6. The van der Waals surface area contributed by atoms with Gasteiger partial charge in [-0.2, -0.15) is 0 Å². The van der Waals surface area contributed by atoms with Gasteiger partial charge in [-0.3, -0.25) is 4.79 Å². The van der Waals surface area contributed by atoms with Crippen molar-refractivity contribution in [2.24, 2.45) is 0 Å². The molecule has 1 aromatic heterocycles. The van der Waals surface area contributed by atoms with Gasteiger partial charge in [0.1, 0.15) is 11.3 Å². The molecular weight excluding hydrogens is 358 g/mol. The lowest BCUT2D eigenvalue weighted by molar-refractivity contribution is 0.0928. The molecule has 1 amide bonds. The normalized spacial score (nSPS) is 10.7. The fourth-order valence-electron chi connectivity index (χ4n) is 2.34. The number of ether oxygens (including phenoxy) is 1. The third kappa shape index (κ3) is 3.56. The molecule has 0 aliphatic carbocycles. The van der Waals surface area contributed by atoms with Gasteiger partial charge in [-0.1, -0.05) is 34.1 Å². The number of furan rings is 1. The van der Waals surface area contributed by atoms with Crippen LogP contribution in [0.25, 0.3) is 11.0 Å². The first kappa shape index (κ1) is 15.6. The van der Waals surface area contributed by atoms with E-state index in [0.717, 1.165) is 27.6 Å². The highest BCUT2D eigenvalue weighted by molar-refractivity contribution is 9.10. The van der Waals surface area contributed by atoms with Crippen LogP contribution in [0.5, 0.6) is 5.75 Å². The zero-order valence-corrected chi connectivity index (χ0v) is 14.2. The van der Waals surface area contributed by atoms with Crippen LogP contribution in [0, 0.1) is 0 Å². The summed E-state index contributed by atoms with van der Waals surface area (Å²) < 4.78 is 11.6. The van der Waals surface area contributed by atoms with E-state index in [1.165, 1.54) is 0 Å². The molecule has 0 radical (unpaired) electrons. The van der Waals surface area contributed by atoms with Crippen molar-refractivity contribution in [1.82, 2.24) is 5.32 Å². The topological polar surface area (TPSA) is 51.5 Å². The first-order valence-electron chi connectivity index (χ1n) is 7.26. The number of carbonyl (C=O) groups is 1. The lowest BCUT2D eigenvalue weighted by atomic mass is 10.1. The summed E-state index contributed by atoms with van der Waals surface area (Å²) in [7, 11) is 1.64. The Bertz CT molecular complexity index is 824. The van der Waals surface area contributed by atoms with Crippen LogP contribution >= 0.6 is 15.9 Å². The largest absolute Gasteiger partial charge is 0.497 e. The highest BCUT2D eigenvalue weighted by atomic mass is 79.9. The van der Waals surface area contributed by atoms with Gasteiger partial charge in [-0.15, -0.1) is 0 Å². The van der Waals surface area contributed by atoms with Gasteiger partial charge in [-0.05, 0) is 42.3 Å². The summed E-state index contributed by atoms with van der Waals surface area (Å²) in [5.41, 5.74) is 1.83. The molecule has 118 valence electrons. The summed E-state index contributed by atoms with van der Waals surface area (Å²) in [4.78, 5) is 12.2. The second-order valence-corrected chi connectivity index (χ2v) is 5.97. The molecule has 0 unspecified atom stereocenters. The van der Waals surface area contributed by atoms with Gasteiger partial charge in [0.15, 0.2) is 5.76 Å². The van der Waals surface area contributed by atoms with E-state index in [1.54, 1.807) is 13.2 Å². The highest BCUT2D eigenvalue weighted by Crippen LogP contribution is 2.26. The Morgan fingerprint density at radius 2 is 2.00 bits per heavy atom. The monoisotopic (exact) mass is 373 g/mol. The summed E-state index contributed by atoms with van der Waals surface area (Å²) in [6, 6.07) is 15.2. The Kier molecular flexibility index (Phi) is 4.67. The van der Waals surface area contributed by atoms with Crippen LogP contribution in [0.2, 0.25) is 0 Å². The second kappa shape index (κ2) is 6.87. The van der Waals surface area contributed by atoms with Gasteiger partial charge in [0.2, 0.25) is 0 Å². The minimum Gasteiger partial charge on any atom is -0.497 e. The number of amides is 1. The van der Waals surface area contributed by atoms with Crippen molar-refractivity contribution in [2.75, 3.05) is 13.7 Å². The number of hydrogen-bond acceptors (Lipinski definition) is 3. The molecule has 3 rings (SSSR count). The van der Waals surface area contributed by atoms with Crippen molar-refractivity contribution in [3.63, 3.8) is 0 Å². The Hall–Kier alpha value is -2.27. The number of halogens is 1. The van der Waals surface area contributed by atoms with E-state index in [0.29, 0.717) is 17.9 Å². The van der Waals surface area contributed by atoms with Crippen LogP contribution in [0.1, 0.15) is 16.1 Å². The Morgan fingerprint density at radius 1 is 1.22 bits per heavy atom. The SMILES string of the molecule is COc1ccc(CCNC(=O)c2cc3c(Br)cccc3o2)cc1. The van der Waals surface area contributed by atoms with Crippen molar-refractivity contribution in [1.29, 1.82) is 0 Å². The lowest BCUT2D eigenvalue weighted by Crippen LogP contribution is -2.25. The number of carbonyl (C=O) groups excluding carboxylic acids is 1. The predicted molar refractivity (Wildman–Crippen MR) is 92.9 cm³/mol. The lowest BCUT2D eigenvalue weighted by Gasteiger charge is -2.04. The maximum Gasteiger partial charge on any atom is 0.287 e. The number of nitrogens with one attached hydrogen (secondary N) is 1. The predicted octanol–water partition coefficient (Wildman–Crippen LogP) is 4.18. The van der Waals surface area contributed by atoms with Gasteiger partial charge in [0.05, 0.1) is 7.11 Å². The van der Waals surface area contributed by atoms with Crippen LogP contribution < -0.4 is 10.1 Å². The molecule has 0 saturated carbocycles. The Morgan fingerprint density at radius 3 is 2.70 bits per heavy atom. The van der Waals surface area contributed by atoms with Crippen molar-refractivity contribution in [3.05, 3.63) is 64.3 Å². The van der Waals surface area contributed by atoms with Crippen LogP contribution in [0.4, 0.5) is 0 Å². The van der Waals surface area contributed by atoms with Gasteiger partial charge in [0, 0.05) is 16.4 Å². The molecular formula is C18H16BrNO3. The average Bonchev–Trinajstić information content (AvgIpc) is 3.01. The van der Waals surface area contributed by atoms with Crippen LogP contribution in [-0.2, 0) is 6.42 Å². The molecule has 1 heterocycles. The number of rotatable bonds is 5. The van der Waals surface area contributed by atoms with Crippen molar-refractivity contribution >= 4 is 32.8 Å². The summed E-state index contributed by atoms with van der Waals surface area (Å²) in [5, 5.41) is 3.77. The molecule has 0 aliphatic rings. The highest BCUT2D eigenvalue weighted by Gasteiger charge is 2.13. The van der Waals surface area contributed by atoms with Crippen molar-refractivity contribution in [3.8, 4) is 5.75 Å². The zero-order chi connectivity index (χ0) is 16.2. The standard InChI is InChI=1S/C18H16BrNO3/c1-22-13-7-5-12(6-8-13)9-10-20-18(21)17-11-14-15(19)3-2-4-16(14)23-17/h2-8,11H,9-10H2,1H3,(H,20,21). The average molecular weight is 374 g/mol. The van der Waals surface area contributed by atoms with Gasteiger partial charge in [0.25, 0.3) is 5.91 Å². The smallest absolute Gasteiger partial charge is 0.287 e. The van der Waals surface area contributed by atoms with E-state index in [4.69, 9.17) is 9.15 Å². The van der Waals surface area contributed by atoms with Crippen molar-refractivity contribution < 1.29 is 13.9 Å². The van der Waals surface area contributed by atoms with E-state index in [-0.39, 0.29) is 5.91 Å². The Labute approximate surface area is 142 Å². The third-order valence-corrected chi connectivity index (χ3v) is 4.28. The molecule has 0 saturated heterocycles. The number of benzene rings is 2. The molecule has 23 heavy (non-hydrogen) atoms. The molecule has 4 nitrogen and oxygen atoms in total. The van der Waals surface area contributed by atoms with Crippen LogP contribution in [0.3, 0.4) is 0 Å². The maximum atomic E-state index is 12.2. The summed E-state index contributed by atoms with van der Waals surface area (Å²) >= 11 is 3.45. The molecule has 0 spiro atoms. The molecule has 0 bridgehead atoms. The minimum atomic E-state index is -0.207. The summed E-state index contributed by atoms with van der Waals surface area (Å²) in [6.45, 7) is 0.545. The number of methoxy groups -OCH3 is 1. The van der Waals surface area contributed by atoms with Crippen molar-refractivity contribution in [2.45, 2.75) is 6.42 Å². The van der Waals surface area contributed by atoms with E-state index in [2.05, 4.69) is 21.2 Å². The van der Waals surface area contributed by atoms with E-state index in [1.807, 2.05) is 42.5 Å².